The van der Waals surface area contributed by atoms with Gasteiger partial charge in [0.15, 0.2) is 0 Å². The van der Waals surface area contributed by atoms with Gasteiger partial charge in [0.25, 0.3) is 0 Å². The van der Waals surface area contributed by atoms with Crippen molar-refractivity contribution in [2.45, 2.75) is 13.0 Å². The highest BCUT2D eigenvalue weighted by Gasteiger charge is 2.18. The molecule has 0 radical (unpaired) electrons. The molecule has 0 aliphatic carbocycles. The van der Waals surface area contributed by atoms with Gasteiger partial charge < -0.3 is 14.2 Å². The molecule has 0 fully saturated rings. The van der Waals surface area contributed by atoms with Crippen molar-refractivity contribution in [2.75, 3.05) is 0 Å². The van der Waals surface area contributed by atoms with Crippen LogP contribution in [0, 0.1) is 5.92 Å². The maximum absolute atomic E-state index is 11.1. The molecule has 0 N–H and O–H groups in total. The second kappa shape index (κ2) is 4.31. The zero-order valence-electron chi connectivity index (χ0n) is 9.04. The van der Waals surface area contributed by atoms with E-state index >= 15 is 0 Å². The van der Waals surface area contributed by atoms with Crippen molar-refractivity contribution in [2.24, 2.45) is 5.92 Å². The number of fused-ring (bicyclic) bond motifs is 1. The van der Waals surface area contributed by atoms with Gasteiger partial charge in [0.2, 0.25) is 0 Å². The van der Waals surface area contributed by atoms with Crippen LogP contribution < -0.4 is 0 Å². The molecule has 3 heteroatoms. The second-order valence-electron chi connectivity index (χ2n) is 3.90. The fourth-order valence-corrected chi connectivity index (χ4v) is 1.89. The van der Waals surface area contributed by atoms with E-state index in [1.54, 1.807) is 6.92 Å². The first kappa shape index (κ1) is 10.6. The minimum atomic E-state index is -0.419. The maximum atomic E-state index is 11.1. The fraction of sp³-hybridized carbons (Fsp3) is 0.231. The number of aldehydes is 2. The molecular weight excluding hydrogens is 202 g/mol. The summed E-state index contributed by atoms with van der Waals surface area (Å²) < 4.78 is 1.85. The predicted octanol–water partition coefficient (Wildman–Crippen LogP) is 2.22. The van der Waals surface area contributed by atoms with Gasteiger partial charge in [0.05, 0.1) is 6.04 Å². The van der Waals surface area contributed by atoms with E-state index in [4.69, 9.17) is 0 Å². The number of hydrogen-bond acceptors (Lipinski definition) is 2. The minimum absolute atomic E-state index is 0.312. The Balaban J connectivity index is 2.53. The average molecular weight is 215 g/mol. The summed E-state index contributed by atoms with van der Waals surface area (Å²) in [4.78, 5) is 21.8. The van der Waals surface area contributed by atoms with Gasteiger partial charge in [0.1, 0.15) is 12.6 Å². The molecule has 1 aromatic heterocycles. The van der Waals surface area contributed by atoms with Crippen molar-refractivity contribution < 1.29 is 9.59 Å². The van der Waals surface area contributed by atoms with Crippen LogP contribution >= 0.6 is 0 Å². The molecule has 2 unspecified atom stereocenters. The van der Waals surface area contributed by atoms with Crippen molar-refractivity contribution >= 4 is 23.5 Å². The Kier molecular flexibility index (Phi) is 2.86. The Labute approximate surface area is 93.7 Å². The van der Waals surface area contributed by atoms with Crippen LogP contribution in [0.5, 0.6) is 0 Å². The molecule has 0 spiro atoms. The van der Waals surface area contributed by atoms with Gasteiger partial charge in [-0.15, -0.1) is 0 Å². The van der Waals surface area contributed by atoms with Crippen molar-refractivity contribution in [1.29, 1.82) is 0 Å². The Morgan fingerprint density at radius 2 is 1.88 bits per heavy atom. The molecule has 0 aliphatic rings. The van der Waals surface area contributed by atoms with Gasteiger partial charge >= 0.3 is 0 Å². The van der Waals surface area contributed by atoms with Crippen LogP contribution in [0.4, 0.5) is 0 Å². The number of para-hydroxylation sites is 1. The molecule has 2 aromatic rings. The molecule has 3 nitrogen and oxygen atoms in total. The molecule has 2 rings (SSSR count). The normalized spacial score (nSPS) is 14.6. The van der Waals surface area contributed by atoms with E-state index in [0.717, 1.165) is 23.5 Å². The average Bonchev–Trinajstić information content (AvgIpc) is 2.74. The third-order valence-corrected chi connectivity index (χ3v) is 2.84. The van der Waals surface area contributed by atoms with E-state index in [2.05, 4.69) is 0 Å². The van der Waals surface area contributed by atoms with Crippen molar-refractivity contribution in [3.05, 3.63) is 36.5 Å². The lowest BCUT2D eigenvalue weighted by Crippen LogP contribution is -2.18. The summed E-state index contributed by atoms with van der Waals surface area (Å²) in [6.07, 6.45) is 3.49. The number of nitrogens with zero attached hydrogens (tertiary/aromatic N) is 1. The first-order valence-electron chi connectivity index (χ1n) is 5.24. The summed E-state index contributed by atoms with van der Waals surface area (Å²) in [5, 5.41) is 1.08. The van der Waals surface area contributed by atoms with Crippen LogP contribution in [-0.4, -0.2) is 17.1 Å². The van der Waals surface area contributed by atoms with Crippen LogP contribution in [0.2, 0.25) is 0 Å². The third-order valence-electron chi connectivity index (χ3n) is 2.84. The van der Waals surface area contributed by atoms with E-state index < -0.39 is 6.04 Å². The predicted molar refractivity (Wildman–Crippen MR) is 62.3 cm³/mol. The zero-order valence-corrected chi connectivity index (χ0v) is 9.04. The smallest absolute Gasteiger partial charge is 0.143 e. The van der Waals surface area contributed by atoms with Crippen molar-refractivity contribution in [1.82, 2.24) is 4.57 Å². The van der Waals surface area contributed by atoms with E-state index in [1.807, 2.05) is 41.1 Å². The minimum Gasteiger partial charge on any atom is -0.337 e. The number of carbonyl (C=O) groups is 2. The van der Waals surface area contributed by atoms with Gasteiger partial charge in [0, 0.05) is 17.6 Å². The van der Waals surface area contributed by atoms with Crippen molar-refractivity contribution in [3.8, 4) is 0 Å². The van der Waals surface area contributed by atoms with Crippen LogP contribution in [-0.2, 0) is 9.59 Å². The summed E-state index contributed by atoms with van der Waals surface area (Å²) in [5.74, 6) is -0.312. The number of benzene rings is 1. The summed E-state index contributed by atoms with van der Waals surface area (Å²) in [7, 11) is 0. The topological polar surface area (TPSA) is 39.1 Å². The Morgan fingerprint density at radius 1 is 1.12 bits per heavy atom. The lowest BCUT2D eigenvalue weighted by atomic mass is 10.1. The monoisotopic (exact) mass is 215 g/mol. The van der Waals surface area contributed by atoms with Gasteiger partial charge in [-0.1, -0.05) is 25.1 Å². The molecular formula is C13H13NO2. The number of rotatable bonds is 4. The fourth-order valence-electron chi connectivity index (χ4n) is 1.89. The molecule has 0 saturated carbocycles. The summed E-state index contributed by atoms with van der Waals surface area (Å²) in [6.45, 7) is 1.75. The standard InChI is InChI=1S/C13H13NO2/c1-10(8-15)13(9-16)14-7-6-11-4-2-3-5-12(11)14/h2-10,13H,1H3. The highest BCUT2D eigenvalue weighted by molar-refractivity contribution is 5.82. The SMILES string of the molecule is CC(C=O)C(C=O)n1ccc2ccccc21. The molecule has 1 aromatic carbocycles. The molecule has 82 valence electrons. The maximum Gasteiger partial charge on any atom is 0.143 e. The highest BCUT2D eigenvalue weighted by Crippen LogP contribution is 2.22. The van der Waals surface area contributed by atoms with Gasteiger partial charge in [-0.05, 0) is 17.5 Å². The van der Waals surface area contributed by atoms with Gasteiger partial charge in [-0.3, -0.25) is 0 Å². The molecule has 0 amide bonds. The summed E-state index contributed by atoms with van der Waals surface area (Å²) >= 11 is 0. The van der Waals surface area contributed by atoms with E-state index in [0.29, 0.717) is 0 Å². The van der Waals surface area contributed by atoms with Gasteiger partial charge in [-0.25, -0.2) is 0 Å². The first-order chi connectivity index (χ1) is 7.77. The van der Waals surface area contributed by atoms with Crippen LogP contribution in [0.3, 0.4) is 0 Å². The molecule has 16 heavy (non-hydrogen) atoms. The second-order valence-corrected chi connectivity index (χ2v) is 3.90. The Hall–Kier alpha value is -1.90. The highest BCUT2D eigenvalue weighted by atomic mass is 16.1. The summed E-state index contributed by atoms with van der Waals surface area (Å²) in [6, 6.07) is 9.33. The molecule has 1 heterocycles. The zero-order chi connectivity index (χ0) is 11.5. The Bertz CT molecular complexity index is 515. The molecule has 2 atom stereocenters. The summed E-state index contributed by atoms with van der Waals surface area (Å²) in [5.41, 5.74) is 0.980. The van der Waals surface area contributed by atoms with Crippen LogP contribution in [0.25, 0.3) is 10.9 Å². The number of hydrogen-bond donors (Lipinski definition) is 0. The van der Waals surface area contributed by atoms with Crippen LogP contribution in [0.1, 0.15) is 13.0 Å². The Morgan fingerprint density at radius 3 is 2.56 bits per heavy atom. The van der Waals surface area contributed by atoms with E-state index in [-0.39, 0.29) is 5.92 Å². The van der Waals surface area contributed by atoms with Crippen molar-refractivity contribution in [3.63, 3.8) is 0 Å². The largest absolute Gasteiger partial charge is 0.337 e. The molecule has 0 aliphatic heterocycles. The third kappa shape index (κ3) is 1.65. The quantitative estimate of drug-likeness (QED) is 0.733. The molecule has 0 bridgehead atoms. The van der Waals surface area contributed by atoms with E-state index in [1.165, 1.54) is 0 Å². The lowest BCUT2D eigenvalue weighted by Gasteiger charge is -2.16. The van der Waals surface area contributed by atoms with Crippen LogP contribution in [0.15, 0.2) is 36.5 Å². The number of carbonyl (C=O) groups excluding carboxylic acids is 2. The first-order valence-corrected chi connectivity index (χ1v) is 5.24. The van der Waals surface area contributed by atoms with E-state index in [9.17, 15) is 9.59 Å². The van der Waals surface area contributed by atoms with Gasteiger partial charge in [-0.2, -0.15) is 0 Å². The number of aromatic nitrogens is 1. The lowest BCUT2D eigenvalue weighted by molar-refractivity contribution is -0.118. The molecule has 0 saturated heterocycles.